The largest absolute Gasteiger partial charge is 0.481 e. The third kappa shape index (κ3) is 5.59. The van der Waals surface area contributed by atoms with Crippen LogP contribution in [-0.4, -0.2) is 62.0 Å². The van der Waals surface area contributed by atoms with Gasteiger partial charge in [0, 0.05) is 19.4 Å². The number of aromatic nitrogens is 4. The van der Waals surface area contributed by atoms with Crippen LogP contribution in [0.2, 0.25) is 0 Å². The number of nitrogens with one attached hydrogen (secondary N) is 1. The molecule has 2 aliphatic carbocycles. The minimum Gasteiger partial charge on any atom is -0.481 e. The number of carbonyl (C=O) groups excluding carboxylic acids is 1. The SMILES string of the molecule is CNc1nc(N)nc2c1ncn2[C@@H]1OC(COC(=O)CC2CCCCC2)[C@@H](C(C(=O)O)C2CCCCC2)[C@@]1(C)F. The molecule has 3 fully saturated rings. The van der Waals surface area contributed by atoms with Crippen molar-refractivity contribution in [1.82, 2.24) is 19.5 Å². The first kappa shape index (κ1) is 28.5. The Bertz CT molecular complexity index is 1210. The number of nitrogens with zero attached hydrogens (tertiary/aromatic N) is 4. The van der Waals surface area contributed by atoms with Gasteiger partial charge in [-0.3, -0.25) is 14.2 Å². The van der Waals surface area contributed by atoms with E-state index in [1.165, 1.54) is 24.2 Å². The van der Waals surface area contributed by atoms with Crippen LogP contribution in [0.3, 0.4) is 0 Å². The average molecular weight is 561 g/mol. The monoisotopic (exact) mass is 560 g/mol. The number of aliphatic carboxylic acids is 1. The highest BCUT2D eigenvalue weighted by Gasteiger charge is 2.61. The van der Waals surface area contributed by atoms with Crippen molar-refractivity contribution in [3.05, 3.63) is 6.33 Å². The zero-order valence-corrected chi connectivity index (χ0v) is 23.4. The van der Waals surface area contributed by atoms with Gasteiger partial charge >= 0.3 is 11.9 Å². The standard InChI is InChI=1S/C28H41FN6O5/c1-28(29)21(20(25(37)38)17-11-7-4-8-12-17)18(14-39-19(36)13-16-9-5-3-6-10-16)40-26(28)35-15-32-22-23(31-2)33-27(30)34-24(22)35/h15-18,20-21,26H,3-14H2,1-2H3,(H,37,38)(H3,30,31,33,34)/t18?,20?,21-,26+,28+/m0/s1. The lowest BCUT2D eigenvalue weighted by atomic mass is 9.68. The number of hydrogen-bond acceptors (Lipinski definition) is 9. The first-order valence-corrected chi connectivity index (χ1v) is 14.6. The number of rotatable bonds is 9. The molecule has 5 atom stereocenters. The minimum atomic E-state index is -2.14. The zero-order chi connectivity index (χ0) is 28.4. The van der Waals surface area contributed by atoms with Crippen LogP contribution in [-0.2, 0) is 19.1 Å². The molecule has 2 saturated carbocycles. The van der Waals surface area contributed by atoms with E-state index >= 15 is 4.39 Å². The minimum absolute atomic E-state index is 0.0208. The molecule has 3 heterocycles. The normalized spacial score (nSPS) is 28.9. The number of alkyl halides is 1. The van der Waals surface area contributed by atoms with E-state index in [0.29, 0.717) is 36.5 Å². The van der Waals surface area contributed by atoms with Gasteiger partial charge in [0.05, 0.1) is 12.2 Å². The number of carbonyl (C=O) groups is 2. The van der Waals surface area contributed by atoms with Gasteiger partial charge in [0.15, 0.2) is 28.9 Å². The van der Waals surface area contributed by atoms with Crippen LogP contribution >= 0.6 is 0 Å². The second-order valence-corrected chi connectivity index (χ2v) is 11.9. The number of nitrogens with two attached hydrogens (primary N) is 1. The molecule has 40 heavy (non-hydrogen) atoms. The summed E-state index contributed by atoms with van der Waals surface area (Å²) in [5, 5.41) is 13.3. The van der Waals surface area contributed by atoms with Gasteiger partial charge in [-0.2, -0.15) is 9.97 Å². The van der Waals surface area contributed by atoms with Crippen LogP contribution in [0.1, 0.15) is 83.8 Å². The van der Waals surface area contributed by atoms with Crippen LogP contribution < -0.4 is 11.1 Å². The molecule has 3 aliphatic rings. The van der Waals surface area contributed by atoms with Crippen molar-refractivity contribution >= 4 is 34.9 Å². The average Bonchev–Trinajstić information content (AvgIpc) is 3.46. The van der Waals surface area contributed by atoms with E-state index in [9.17, 15) is 14.7 Å². The molecule has 2 aromatic rings. The van der Waals surface area contributed by atoms with Gasteiger partial charge in [-0.15, -0.1) is 0 Å². The predicted molar refractivity (Wildman–Crippen MR) is 146 cm³/mol. The topological polar surface area (TPSA) is 154 Å². The molecular weight excluding hydrogens is 519 g/mol. The van der Waals surface area contributed by atoms with Crippen LogP contribution in [0.15, 0.2) is 6.33 Å². The molecule has 0 spiro atoms. The maximum absolute atomic E-state index is 17.2. The van der Waals surface area contributed by atoms with Crippen molar-refractivity contribution < 1.29 is 28.6 Å². The molecular formula is C28H41FN6O5. The van der Waals surface area contributed by atoms with E-state index in [-0.39, 0.29) is 30.1 Å². The van der Waals surface area contributed by atoms with E-state index in [0.717, 1.165) is 44.9 Å². The van der Waals surface area contributed by atoms with Gasteiger partial charge in [-0.1, -0.05) is 38.5 Å². The number of nitrogen functional groups attached to an aromatic ring is 1. The molecule has 0 aromatic carbocycles. The molecule has 0 amide bonds. The van der Waals surface area contributed by atoms with Gasteiger partial charge < -0.3 is 25.6 Å². The Balaban J connectivity index is 1.46. The Morgan fingerprint density at radius 3 is 2.52 bits per heavy atom. The summed E-state index contributed by atoms with van der Waals surface area (Å²) in [6.07, 6.45) is 9.19. The van der Waals surface area contributed by atoms with E-state index in [2.05, 4.69) is 20.3 Å². The van der Waals surface area contributed by atoms with Crippen LogP contribution in [0.25, 0.3) is 11.2 Å². The van der Waals surface area contributed by atoms with Gasteiger partial charge in [-0.25, -0.2) is 9.37 Å². The van der Waals surface area contributed by atoms with Crippen LogP contribution in [0.4, 0.5) is 16.2 Å². The number of esters is 1. The highest BCUT2D eigenvalue weighted by atomic mass is 19.1. The lowest BCUT2D eigenvalue weighted by Crippen LogP contribution is -2.47. The summed E-state index contributed by atoms with van der Waals surface area (Å²) in [7, 11) is 1.67. The van der Waals surface area contributed by atoms with Gasteiger partial charge in [-0.05, 0) is 44.4 Å². The number of halogens is 1. The van der Waals surface area contributed by atoms with E-state index in [1.807, 2.05) is 0 Å². The molecule has 2 aromatic heterocycles. The molecule has 2 unspecified atom stereocenters. The van der Waals surface area contributed by atoms with Gasteiger partial charge in [0.1, 0.15) is 12.7 Å². The Morgan fingerprint density at radius 2 is 1.88 bits per heavy atom. The molecule has 12 heteroatoms. The van der Waals surface area contributed by atoms with Crippen molar-refractivity contribution in [2.75, 3.05) is 24.7 Å². The molecule has 5 rings (SSSR count). The molecule has 220 valence electrons. The smallest absolute Gasteiger partial charge is 0.307 e. The second-order valence-electron chi connectivity index (χ2n) is 11.9. The van der Waals surface area contributed by atoms with E-state index in [4.69, 9.17) is 15.2 Å². The Morgan fingerprint density at radius 1 is 1.20 bits per heavy atom. The van der Waals surface area contributed by atoms with Crippen molar-refractivity contribution in [3.8, 4) is 0 Å². The maximum Gasteiger partial charge on any atom is 0.307 e. The molecule has 1 saturated heterocycles. The fraction of sp³-hybridized carbons (Fsp3) is 0.750. The number of fused-ring (bicyclic) bond motifs is 1. The number of carboxylic acids is 1. The first-order chi connectivity index (χ1) is 19.2. The molecule has 1 aliphatic heterocycles. The molecule has 4 N–H and O–H groups in total. The zero-order valence-electron chi connectivity index (χ0n) is 23.4. The number of carboxylic acid groups (broad SMARTS) is 1. The number of anilines is 2. The summed E-state index contributed by atoms with van der Waals surface area (Å²) in [5.41, 5.74) is 4.43. The summed E-state index contributed by atoms with van der Waals surface area (Å²) < 4.78 is 30.6. The van der Waals surface area contributed by atoms with Crippen LogP contribution in [0, 0.1) is 23.7 Å². The van der Waals surface area contributed by atoms with Crippen molar-refractivity contribution in [3.63, 3.8) is 0 Å². The summed E-state index contributed by atoms with van der Waals surface area (Å²) in [4.78, 5) is 38.4. The summed E-state index contributed by atoms with van der Waals surface area (Å²) >= 11 is 0. The molecule has 11 nitrogen and oxygen atoms in total. The lowest BCUT2D eigenvalue weighted by molar-refractivity contribution is -0.154. The summed E-state index contributed by atoms with van der Waals surface area (Å²) in [6.45, 7) is 1.16. The second kappa shape index (κ2) is 11.8. The number of ether oxygens (including phenoxy) is 2. The lowest BCUT2D eigenvalue weighted by Gasteiger charge is -2.37. The number of hydrogen-bond donors (Lipinski definition) is 3. The predicted octanol–water partition coefficient (Wildman–Crippen LogP) is 4.49. The quantitative estimate of drug-likeness (QED) is 0.374. The third-order valence-electron chi connectivity index (χ3n) is 9.19. The third-order valence-corrected chi connectivity index (χ3v) is 9.19. The number of imidazole rings is 1. The fourth-order valence-electron chi connectivity index (χ4n) is 7.26. The highest BCUT2D eigenvalue weighted by molar-refractivity contribution is 5.84. The van der Waals surface area contributed by atoms with Crippen molar-refractivity contribution in [1.29, 1.82) is 0 Å². The van der Waals surface area contributed by atoms with Crippen LogP contribution in [0.5, 0.6) is 0 Å². The van der Waals surface area contributed by atoms with Crippen molar-refractivity contribution in [2.24, 2.45) is 23.7 Å². The van der Waals surface area contributed by atoms with E-state index in [1.54, 1.807) is 7.05 Å². The maximum atomic E-state index is 17.2. The highest BCUT2D eigenvalue weighted by Crippen LogP contribution is 2.52. The van der Waals surface area contributed by atoms with E-state index < -0.39 is 35.8 Å². The Kier molecular flexibility index (Phi) is 8.44. The molecule has 0 radical (unpaired) electrons. The van der Waals surface area contributed by atoms with Gasteiger partial charge in [0.2, 0.25) is 5.95 Å². The first-order valence-electron chi connectivity index (χ1n) is 14.6. The molecule has 0 bridgehead atoms. The Hall–Kier alpha value is -3.02. The Labute approximate surface area is 233 Å². The fourth-order valence-corrected chi connectivity index (χ4v) is 7.26. The van der Waals surface area contributed by atoms with Crippen molar-refractivity contribution in [2.45, 2.75) is 95.6 Å². The summed E-state index contributed by atoms with van der Waals surface area (Å²) in [5.74, 6) is -2.99. The van der Waals surface area contributed by atoms with Gasteiger partial charge in [0.25, 0.3) is 0 Å². The summed E-state index contributed by atoms with van der Waals surface area (Å²) in [6, 6.07) is 0.